The van der Waals surface area contributed by atoms with Crippen molar-refractivity contribution in [2.24, 2.45) is 17.8 Å². The Morgan fingerprint density at radius 2 is 2.27 bits per heavy atom. The first-order chi connectivity index (χ1) is 7.26. The predicted octanol–water partition coefficient (Wildman–Crippen LogP) is 1.31. The molecule has 0 aromatic heterocycles. The quantitative estimate of drug-likeness (QED) is 0.696. The number of carbonyl (C=O) groups excluding carboxylic acids is 1. The number of aliphatic hydroxyl groups is 1. The molecule has 3 atom stereocenters. The highest BCUT2D eigenvalue weighted by Gasteiger charge is 2.51. The number of rotatable bonds is 6. The number of carbonyl (C=O) groups is 1. The van der Waals surface area contributed by atoms with Crippen molar-refractivity contribution in [1.82, 2.24) is 5.32 Å². The molecule has 2 aliphatic carbocycles. The molecule has 3 heteroatoms. The van der Waals surface area contributed by atoms with Gasteiger partial charge in [-0.15, -0.1) is 0 Å². The summed E-state index contributed by atoms with van der Waals surface area (Å²) in [5, 5.41) is 11.9. The summed E-state index contributed by atoms with van der Waals surface area (Å²) in [6.45, 7) is 2.21. The lowest BCUT2D eigenvalue weighted by molar-refractivity contribution is -0.123. The standard InChI is InChI=1S/C12H21NO2/c1-2-9(5-6-14)13-12(15)11-7-10(11)8-3-4-8/h8-11,14H,2-7H2,1H3,(H,13,15). The Kier molecular flexibility index (Phi) is 3.29. The molecule has 0 bridgehead atoms. The summed E-state index contributed by atoms with van der Waals surface area (Å²) < 4.78 is 0. The molecule has 0 aromatic carbocycles. The molecule has 2 saturated carbocycles. The van der Waals surface area contributed by atoms with E-state index in [0.717, 1.165) is 18.8 Å². The second kappa shape index (κ2) is 4.52. The molecule has 0 aliphatic heterocycles. The molecule has 1 amide bonds. The summed E-state index contributed by atoms with van der Waals surface area (Å²) in [4.78, 5) is 11.8. The van der Waals surface area contributed by atoms with Gasteiger partial charge in [0.05, 0.1) is 0 Å². The molecule has 86 valence electrons. The minimum atomic E-state index is 0.162. The second-order valence-electron chi connectivity index (χ2n) is 4.97. The monoisotopic (exact) mass is 211 g/mol. The summed E-state index contributed by atoms with van der Waals surface area (Å²) in [5.41, 5.74) is 0. The van der Waals surface area contributed by atoms with Gasteiger partial charge >= 0.3 is 0 Å². The van der Waals surface area contributed by atoms with Gasteiger partial charge in [-0.1, -0.05) is 6.92 Å². The molecule has 0 saturated heterocycles. The minimum Gasteiger partial charge on any atom is -0.396 e. The Hall–Kier alpha value is -0.570. The number of aliphatic hydroxyl groups excluding tert-OH is 1. The van der Waals surface area contributed by atoms with Crippen molar-refractivity contribution in [3.05, 3.63) is 0 Å². The van der Waals surface area contributed by atoms with E-state index < -0.39 is 0 Å². The first-order valence-corrected chi connectivity index (χ1v) is 6.17. The van der Waals surface area contributed by atoms with E-state index in [1.54, 1.807) is 0 Å². The lowest BCUT2D eigenvalue weighted by atomic mass is 10.1. The summed E-state index contributed by atoms with van der Waals surface area (Å²) >= 11 is 0. The first-order valence-electron chi connectivity index (χ1n) is 6.17. The van der Waals surface area contributed by atoms with Crippen LogP contribution in [0.4, 0.5) is 0 Å². The van der Waals surface area contributed by atoms with Crippen LogP contribution in [0.2, 0.25) is 0 Å². The third-order valence-electron chi connectivity index (χ3n) is 3.72. The normalized spacial score (nSPS) is 31.1. The summed E-state index contributed by atoms with van der Waals surface area (Å²) in [6, 6.07) is 0.169. The lowest BCUT2D eigenvalue weighted by Gasteiger charge is -2.15. The fourth-order valence-corrected chi connectivity index (χ4v) is 2.40. The maximum absolute atomic E-state index is 11.8. The third kappa shape index (κ3) is 2.71. The fourth-order valence-electron chi connectivity index (χ4n) is 2.40. The van der Waals surface area contributed by atoms with Crippen LogP contribution in [0.1, 0.15) is 39.0 Å². The van der Waals surface area contributed by atoms with Crippen LogP contribution in [-0.4, -0.2) is 23.7 Å². The number of amides is 1. The first kappa shape index (κ1) is 10.9. The van der Waals surface area contributed by atoms with Crippen LogP contribution in [0, 0.1) is 17.8 Å². The molecule has 0 aromatic rings. The van der Waals surface area contributed by atoms with Gasteiger partial charge in [0.2, 0.25) is 5.91 Å². The van der Waals surface area contributed by atoms with Crippen molar-refractivity contribution < 1.29 is 9.90 Å². The Balaban J connectivity index is 1.71. The predicted molar refractivity (Wildman–Crippen MR) is 58.2 cm³/mol. The number of nitrogens with one attached hydrogen (secondary N) is 1. The van der Waals surface area contributed by atoms with E-state index in [1.165, 1.54) is 12.8 Å². The van der Waals surface area contributed by atoms with Crippen molar-refractivity contribution >= 4 is 5.91 Å². The SMILES string of the molecule is CCC(CCO)NC(=O)C1CC1C1CC1. The number of hydrogen-bond acceptors (Lipinski definition) is 2. The summed E-state index contributed by atoms with van der Waals surface area (Å²) in [7, 11) is 0. The molecule has 2 fully saturated rings. The zero-order valence-electron chi connectivity index (χ0n) is 9.41. The van der Waals surface area contributed by atoms with Crippen LogP contribution < -0.4 is 5.32 Å². The van der Waals surface area contributed by atoms with Crippen molar-refractivity contribution in [1.29, 1.82) is 0 Å². The van der Waals surface area contributed by atoms with Gasteiger partial charge in [-0.05, 0) is 43.9 Å². The Labute approximate surface area is 91.2 Å². The molecule has 3 unspecified atom stereocenters. The van der Waals surface area contributed by atoms with Crippen LogP contribution in [0.5, 0.6) is 0 Å². The van der Waals surface area contributed by atoms with Crippen molar-refractivity contribution in [2.45, 2.75) is 45.1 Å². The van der Waals surface area contributed by atoms with Gasteiger partial charge in [0.15, 0.2) is 0 Å². The largest absolute Gasteiger partial charge is 0.396 e. The second-order valence-corrected chi connectivity index (χ2v) is 4.97. The lowest BCUT2D eigenvalue weighted by Crippen LogP contribution is -2.36. The van der Waals surface area contributed by atoms with E-state index in [9.17, 15) is 4.79 Å². The summed E-state index contributed by atoms with van der Waals surface area (Å²) in [6.07, 6.45) is 5.37. The van der Waals surface area contributed by atoms with E-state index in [1.807, 2.05) is 6.92 Å². The fraction of sp³-hybridized carbons (Fsp3) is 0.917. The van der Waals surface area contributed by atoms with Gasteiger partial charge in [0.25, 0.3) is 0 Å². The Morgan fingerprint density at radius 3 is 2.80 bits per heavy atom. The molecule has 0 spiro atoms. The van der Waals surface area contributed by atoms with E-state index in [-0.39, 0.29) is 18.6 Å². The van der Waals surface area contributed by atoms with Crippen molar-refractivity contribution in [3.63, 3.8) is 0 Å². The van der Waals surface area contributed by atoms with E-state index in [4.69, 9.17) is 5.11 Å². The average molecular weight is 211 g/mol. The zero-order valence-corrected chi connectivity index (χ0v) is 9.41. The van der Waals surface area contributed by atoms with Gasteiger partial charge < -0.3 is 10.4 Å². The molecular formula is C12H21NO2. The third-order valence-corrected chi connectivity index (χ3v) is 3.72. The van der Waals surface area contributed by atoms with E-state index in [2.05, 4.69) is 5.32 Å². The molecule has 0 heterocycles. The maximum atomic E-state index is 11.8. The molecule has 3 nitrogen and oxygen atoms in total. The molecular weight excluding hydrogens is 190 g/mol. The van der Waals surface area contributed by atoms with Crippen molar-refractivity contribution in [3.8, 4) is 0 Å². The van der Waals surface area contributed by atoms with Gasteiger partial charge in [-0.2, -0.15) is 0 Å². The highest BCUT2D eigenvalue weighted by Crippen LogP contribution is 2.54. The van der Waals surface area contributed by atoms with Crippen molar-refractivity contribution in [2.75, 3.05) is 6.61 Å². The summed E-state index contributed by atoms with van der Waals surface area (Å²) in [5.74, 6) is 2.08. The minimum absolute atomic E-state index is 0.162. The van der Waals surface area contributed by atoms with Crippen LogP contribution in [0.25, 0.3) is 0 Å². The zero-order chi connectivity index (χ0) is 10.8. The molecule has 15 heavy (non-hydrogen) atoms. The van der Waals surface area contributed by atoms with Gasteiger partial charge in [0.1, 0.15) is 0 Å². The average Bonchev–Trinajstić information content (AvgIpc) is 3.03. The van der Waals surface area contributed by atoms with Gasteiger partial charge in [0, 0.05) is 18.6 Å². The van der Waals surface area contributed by atoms with Crippen LogP contribution in [0.3, 0.4) is 0 Å². The number of hydrogen-bond donors (Lipinski definition) is 2. The van der Waals surface area contributed by atoms with Crippen LogP contribution in [0.15, 0.2) is 0 Å². The van der Waals surface area contributed by atoms with Gasteiger partial charge in [-0.3, -0.25) is 4.79 Å². The van der Waals surface area contributed by atoms with Crippen LogP contribution in [-0.2, 0) is 4.79 Å². The van der Waals surface area contributed by atoms with Gasteiger partial charge in [-0.25, -0.2) is 0 Å². The Morgan fingerprint density at radius 1 is 1.53 bits per heavy atom. The van der Waals surface area contributed by atoms with E-state index >= 15 is 0 Å². The van der Waals surface area contributed by atoms with Crippen LogP contribution >= 0.6 is 0 Å². The highest BCUT2D eigenvalue weighted by molar-refractivity contribution is 5.81. The maximum Gasteiger partial charge on any atom is 0.223 e. The Bertz CT molecular complexity index is 238. The molecule has 2 N–H and O–H groups in total. The molecule has 2 rings (SSSR count). The molecule has 2 aliphatic rings. The molecule has 0 radical (unpaired) electrons. The topological polar surface area (TPSA) is 49.3 Å². The smallest absolute Gasteiger partial charge is 0.223 e. The van der Waals surface area contributed by atoms with E-state index in [0.29, 0.717) is 18.3 Å². The highest BCUT2D eigenvalue weighted by atomic mass is 16.3.